The van der Waals surface area contributed by atoms with Crippen molar-refractivity contribution in [1.82, 2.24) is 15.5 Å². The maximum Gasteiger partial charge on any atom is 0.220 e. The van der Waals surface area contributed by atoms with Gasteiger partial charge < -0.3 is 10.2 Å². The zero-order chi connectivity index (χ0) is 13.2. The number of aromatic nitrogens is 2. The molecule has 5 heteroatoms. The van der Waals surface area contributed by atoms with Gasteiger partial charge in [0, 0.05) is 37.3 Å². The summed E-state index contributed by atoms with van der Waals surface area (Å²) in [4.78, 5) is 14.1. The van der Waals surface area contributed by atoms with Gasteiger partial charge in [-0.15, -0.1) is 0 Å². The van der Waals surface area contributed by atoms with Crippen LogP contribution < -0.4 is 10.2 Å². The summed E-state index contributed by atoms with van der Waals surface area (Å²) in [6.07, 6.45) is 5.25. The Balaban J connectivity index is 1.45. The van der Waals surface area contributed by atoms with E-state index in [4.69, 9.17) is 0 Å². The minimum atomic E-state index is 0.247. The maximum absolute atomic E-state index is 11.8. The van der Waals surface area contributed by atoms with Gasteiger partial charge in [0.1, 0.15) is 0 Å². The molecule has 5 nitrogen and oxygen atoms in total. The van der Waals surface area contributed by atoms with Gasteiger partial charge in [-0.3, -0.25) is 9.89 Å². The number of nitrogens with zero attached hydrogens (tertiary/aromatic N) is 2. The van der Waals surface area contributed by atoms with Crippen LogP contribution in [-0.2, 0) is 4.79 Å². The van der Waals surface area contributed by atoms with Crippen molar-refractivity contribution in [3.05, 3.63) is 11.8 Å². The zero-order valence-corrected chi connectivity index (χ0v) is 11.5. The fourth-order valence-electron chi connectivity index (χ4n) is 2.69. The number of H-pyrrole nitrogens is 1. The van der Waals surface area contributed by atoms with Gasteiger partial charge in [0.05, 0.1) is 0 Å². The van der Waals surface area contributed by atoms with E-state index in [0.717, 1.165) is 43.9 Å². The van der Waals surface area contributed by atoms with Crippen molar-refractivity contribution >= 4 is 11.7 Å². The van der Waals surface area contributed by atoms with Gasteiger partial charge in [0.2, 0.25) is 5.91 Å². The van der Waals surface area contributed by atoms with Crippen molar-refractivity contribution < 1.29 is 4.79 Å². The van der Waals surface area contributed by atoms with Gasteiger partial charge in [-0.1, -0.05) is 0 Å². The molecule has 1 aliphatic carbocycles. The molecule has 0 atom stereocenters. The van der Waals surface area contributed by atoms with E-state index in [1.54, 1.807) is 0 Å². The Morgan fingerprint density at radius 3 is 2.74 bits per heavy atom. The topological polar surface area (TPSA) is 61.0 Å². The normalized spacial score (nSPS) is 20.6. The zero-order valence-electron chi connectivity index (χ0n) is 11.5. The van der Waals surface area contributed by atoms with Crippen molar-refractivity contribution in [1.29, 1.82) is 0 Å². The Kier molecular flexibility index (Phi) is 3.44. The number of hydrogen-bond acceptors (Lipinski definition) is 3. The third-order valence-electron chi connectivity index (χ3n) is 4.05. The molecule has 2 N–H and O–H groups in total. The molecule has 2 fully saturated rings. The first-order chi connectivity index (χ1) is 9.20. The molecule has 0 bridgehead atoms. The lowest BCUT2D eigenvalue weighted by Crippen LogP contribution is -2.44. The average Bonchev–Trinajstić information content (AvgIpc) is 3.09. The lowest BCUT2D eigenvalue weighted by Gasteiger charge is -2.32. The largest absolute Gasteiger partial charge is 0.355 e. The number of nitrogens with one attached hydrogen (secondary N) is 2. The molecular weight excluding hydrogens is 240 g/mol. The highest BCUT2D eigenvalue weighted by atomic mass is 16.1. The monoisotopic (exact) mass is 262 g/mol. The van der Waals surface area contributed by atoms with Gasteiger partial charge >= 0.3 is 0 Å². The van der Waals surface area contributed by atoms with Crippen LogP contribution in [-0.4, -0.2) is 35.2 Å². The summed E-state index contributed by atoms with van der Waals surface area (Å²) < 4.78 is 0. The molecule has 0 spiro atoms. The highest BCUT2D eigenvalue weighted by molar-refractivity contribution is 5.76. The summed E-state index contributed by atoms with van der Waals surface area (Å²) in [7, 11) is 0. The van der Waals surface area contributed by atoms with Crippen LogP contribution in [0.25, 0.3) is 0 Å². The Labute approximate surface area is 113 Å². The predicted molar refractivity (Wildman–Crippen MR) is 74.0 cm³/mol. The standard InChI is InChI=1S/C14H22N4O/c1-10-8-13(17-16-10)18-6-4-12(5-7-18)15-14(19)9-11-2-3-11/h8,11-12H,2-7,9H2,1H3,(H,15,19)(H,16,17). The first-order valence-corrected chi connectivity index (χ1v) is 7.27. The van der Waals surface area contributed by atoms with E-state index in [9.17, 15) is 4.79 Å². The fourth-order valence-corrected chi connectivity index (χ4v) is 2.69. The molecule has 1 aromatic heterocycles. The molecule has 104 valence electrons. The van der Waals surface area contributed by atoms with E-state index in [1.165, 1.54) is 12.8 Å². The molecule has 0 unspecified atom stereocenters. The second-order valence-electron chi connectivity index (χ2n) is 5.89. The second-order valence-corrected chi connectivity index (χ2v) is 5.89. The molecule has 3 rings (SSSR count). The van der Waals surface area contributed by atoms with Crippen LogP contribution in [0, 0.1) is 12.8 Å². The minimum absolute atomic E-state index is 0.247. The number of amides is 1. The predicted octanol–water partition coefficient (Wildman–Crippen LogP) is 1.60. The van der Waals surface area contributed by atoms with E-state index >= 15 is 0 Å². The summed E-state index contributed by atoms with van der Waals surface area (Å²) >= 11 is 0. The van der Waals surface area contributed by atoms with Gasteiger partial charge in [-0.2, -0.15) is 5.10 Å². The first kappa shape index (κ1) is 12.5. The molecule has 1 saturated carbocycles. The molecule has 1 aliphatic heterocycles. The Morgan fingerprint density at radius 2 is 2.16 bits per heavy atom. The van der Waals surface area contributed by atoms with Crippen molar-refractivity contribution in [2.75, 3.05) is 18.0 Å². The van der Waals surface area contributed by atoms with Crippen LogP contribution in [0.4, 0.5) is 5.82 Å². The second kappa shape index (κ2) is 5.23. The van der Waals surface area contributed by atoms with E-state index in [0.29, 0.717) is 12.0 Å². The van der Waals surface area contributed by atoms with Crippen LogP contribution in [0.2, 0.25) is 0 Å². The van der Waals surface area contributed by atoms with Crippen molar-refractivity contribution in [2.45, 2.75) is 45.1 Å². The Morgan fingerprint density at radius 1 is 1.42 bits per heavy atom. The van der Waals surface area contributed by atoms with Crippen LogP contribution >= 0.6 is 0 Å². The van der Waals surface area contributed by atoms with E-state index < -0.39 is 0 Å². The molecule has 1 saturated heterocycles. The number of hydrogen-bond donors (Lipinski definition) is 2. The van der Waals surface area contributed by atoms with Gasteiger partial charge in [0.15, 0.2) is 5.82 Å². The van der Waals surface area contributed by atoms with Crippen LogP contribution in [0.1, 0.15) is 37.8 Å². The molecule has 1 aromatic rings. The van der Waals surface area contributed by atoms with E-state index in [-0.39, 0.29) is 5.91 Å². The van der Waals surface area contributed by atoms with Gasteiger partial charge in [-0.05, 0) is 38.5 Å². The third kappa shape index (κ3) is 3.28. The number of carbonyl (C=O) groups is 1. The third-order valence-corrected chi connectivity index (χ3v) is 4.05. The SMILES string of the molecule is Cc1cc(N2CCC(NC(=O)CC3CC3)CC2)n[nH]1. The number of carbonyl (C=O) groups excluding carboxylic acids is 1. The molecule has 0 radical (unpaired) electrons. The summed E-state index contributed by atoms with van der Waals surface area (Å²) in [5.41, 5.74) is 1.09. The highest BCUT2D eigenvalue weighted by Crippen LogP contribution is 2.32. The molecule has 0 aromatic carbocycles. The highest BCUT2D eigenvalue weighted by Gasteiger charge is 2.27. The number of aryl methyl sites for hydroxylation is 1. The lowest BCUT2D eigenvalue weighted by atomic mass is 10.0. The quantitative estimate of drug-likeness (QED) is 0.866. The molecular formula is C14H22N4O. The van der Waals surface area contributed by atoms with Crippen molar-refractivity contribution in [3.63, 3.8) is 0 Å². The Bertz CT molecular complexity index is 444. The van der Waals surface area contributed by atoms with Gasteiger partial charge in [0.25, 0.3) is 0 Å². The van der Waals surface area contributed by atoms with Crippen LogP contribution in [0.15, 0.2) is 6.07 Å². The van der Waals surface area contributed by atoms with E-state index in [2.05, 4.69) is 26.5 Å². The Hall–Kier alpha value is -1.52. The van der Waals surface area contributed by atoms with Gasteiger partial charge in [-0.25, -0.2) is 0 Å². The number of anilines is 1. The number of piperidine rings is 1. The first-order valence-electron chi connectivity index (χ1n) is 7.27. The minimum Gasteiger partial charge on any atom is -0.355 e. The molecule has 2 aliphatic rings. The molecule has 1 amide bonds. The summed E-state index contributed by atoms with van der Waals surface area (Å²) in [6, 6.07) is 2.42. The summed E-state index contributed by atoms with van der Waals surface area (Å²) in [6.45, 7) is 3.96. The lowest BCUT2D eigenvalue weighted by molar-refractivity contribution is -0.122. The van der Waals surface area contributed by atoms with Crippen LogP contribution in [0.5, 0.6) is 0 Å². The molecule has 2 heterocycles. The number of aromatic amines is 1. The maximum atomic E-state index is 11.8. The number of rotatable bonds is 4. The average molecular weight is 262 g/mol. The smallest absolute Gasteiger partial charge is 0.220 e. The van der Waals surface area contributed by atoms with Crippen molar-refractivity contribution in [2.24, 2.45) is 5.92 Å². The summed E-state index contributed by atoms with van der Waals surface area (Å²) in [5.74, 6) is 1.95. The van der Waals surface area contributed by atoms with Crippen molar-refractivity contribution in [3.8, 4) is 0 Å². The molecule has 19 heavy (non-hydrogen) atoms. The fraction of sp³-hybridized carbons (Fsp3) is 0.714. The van der Waals surface area contributed by atoms with Crippen LogP contribution in [0.3, 0.4) is 0 Å². The summed E-state index contributed by atoms with van der Waals surface area (Å²) in [5, 5.41) is 10.4. The van der Waals surface area contributed by atoms with E-state index in [1.807, 2.05) is 6.92 Å².